The summed E-state index contributed by atoms with van der Waals surface area (Å²) in [7, 11) is 0. The van der Waals surface area contributed by atoms with Gasteiger partial charge in [0.25, 0.3) is 0 Å². The SMILES string of the molecule is CCC1(COc2ccc(Oc3cccc(Cl)c3)cc2Cl)OCCO1. The maximum absolute atomic E-state index is 6.29. The van der Waals surface area contributed by atoms with Crippen molar-refractivity contribution in [2.45, 2.75) is 19.1 Å². The summed E-state index contributed by atoms with van der Waals surface area (Å²) in [6.07, 6.45) is 0.709. The Kier molecular flexibility index (Phi) is 5.51. The summed E-state index contributed by atoms with van der Waals surface area (Å²) in [6.45, 7) is 3.45. The van der Waals surface area contributed by atoms with E-state index in [2.05, 4.69) is 0 Å². The van der Waals surface area contributed by atoms with E-state index in [0.717, 1.165) is 0 Å². The molecule has 2 aromatic carbocycles. The molecule has 0 radical (unpaired) electrons. The van der Waals surface area contributed by atoms with Crippen molar-refractivity contribution in [1.82, 2.24) is 0 Å². The third-order valence-electron chi connectivity index (χ3n) is 3.73. The van der Waals surface area contributed by atoms with Crippen LogP contribution in [-0.2, 0) is 9.47 Å². The third-order valence-corrected chi connectivity index (χ3v) is 4.27. The minimum absolute atomic E-state index is 0.289. The molecule has 1 heterocycles. The molecule has 0 spiro atoms. The molecule has 128 valence electrons. The smallest absolute Gasteiger partial charge is 0.202 e. The van der Waals surface area contributed by atoms with Crippen LogP contribution in [0.4, 0.5) is 0 Å². The molecule has 0 unspecified atom stereocenters. The molecule has 1 aliphatic rings. The lowest BCUT2D eigenvalue weighted by Gasteiger charge is -2.26. The van der Waals surface area contributed by atoms with E-state index in [1.54, 1.807) is 30.3 Å². The average molecular weight is 369 g/mol. The van der Waals surface area contributed by atoms with Gasteiger partial charge in [-0.25, -0.2) is 0 Å². The predicted octanol–water partition coefficient (Wildman–Crippen LogP) is 5.32. The second-order valence-corrected chi connectivity index (χ2v) is 6.25. The number of ether oxygens (including phenoxy) is 4. The van der Waals surface area contributed by atoms with Gasteiger partial charge in [0.2, 0.25) is 5.79 Å². The lowest BCUT2D eigenvalue weighted by Crippen LogP contribution is -2.36. The maximum atomic E-state index is 6.29. The van der Waals surface area contributed by atoms with Gasteiger partial charge in [-0.1, -0.05) is 36.2 Å². The van der Waals surface area contributed by atoms with Gasteiger partial charge < -0.3 is 18.9 Å². The minimum atomic E-state index is -0.681. The quantitative estimate of drug-likeness (QED) is 0.691. The molecule has 4 nitrogen and oxygen atoms in total. The molecule has 0 atom stereocenters. The molecule has 24 heavy (non-hydrogen) atoms. The maximum Gasteiger partial charge on any atom is 0.202 e. The standard InChI is InChI=1S/C18H18Cl2O4/c1-2-18(22-8-9-23-18)12-21-17-7-6-15(11-16(17)20)24-14-5-3-4-13(19)10-14/h3-7,10-11H,2,8-9,12H2,1H3. The molecule has 2 aromatic rings. The Morgan fingerprint density at radius 3 is 2.46 bits per heavy atom. The molecule has 6 heteroatoms. The van der Waals surface area contributed by atoms with Crippen molar-refractivity contribution in [3.05, 3.63) is 52.5 Å². The largest absolute Gasteiger partial charge is 0.486 e. The number of halogens is 2. The zero-order valence-corrected chi connectivity index (χ0v) is 14.8. The van der Waals surface area contributed by atoms with Crippen LogP contribution in [0.2, 0.25) is 10.0 Å². The number of benzene rings is 2. The van der Waals surface area contributed by atoms with Crippen LogP contribution in [-0.4, -0.2) is 25.6 Å². The van der Waals surface area contributed by atoms with Gasteiger partial charge in [-0.3, -0.25) is 0 Å². The van der Waals surface area contributed by atoms with Crippen LogP contribution in [0.5, 0.6) is 17.2 Å². The molecule has 0 aromatic heterocycles. The van der Waals surface area contributed by atoms with Gasteiger partial charge >= 0.3 is 0 Å². The van der Waals surface area contributed by atoms with Crippen LogP contribution in [0.25, 0.3) is 0 Å². The van der Waals surface area contributed by atoms with E-state index < -0.39 is 5.79 Å². The Balaban J connectivity index is 1.66. The first-order chi connectivity index (χ1) is 11.6. The van der Waals surface area contributed by atoms with E-state index in [-0.39, 0.29) is 6.61 Å². The summed E-state index contributed by atoms with van der Waals surface area (Å²) in [5.74, 6) is 1.12. The van der Waals surface area contributed by atoms with Crippen molar-refractivity contribution >= 4 is 23.2 Å². The molecular weight excluding hydrogens is 351 g/mol. The van der Waals surface area contributed by atoms with Crippen molar-refractivity contribution in [2.24, 2.45) is 0 Å². The van der Waals surface area contributed by atoms with Crippen LogP contribution >= 0.6 is 23.2 Å². The van der Waals surface area contributed by atoms with E-state index in [1.165, 1.54) is 0 Å². The molecule has 0 bridgehead atoms. The van der Waals surface area contributed by atoms with Crippen molar-refractivity contribution in [1.29, 1.82) is 0 Å². The number of hydrogen-bond acceptors (Lipinski definition) is 4. The van der Waals surface area contributed by atoms with E-state index in [1.807, 2.05) is 19.1 Å². The first-order valence-corrected chi connectivity index (χ1v) is 8.49. The predicted molar refractivity (Wildman–Crippen MR) is 93.4 cm³/mol. The topological polar surface area (TPSA) is 36.9 Å². The molecular formula is C18H18Cl2O4. The highest BCUT2D eigenvalue weighted by Gasteiger charge is 2.35. The fourth-order valence-electron chi connectivity index (χ4n) is 2.40. The molecule has 1 aliphatic heterocycles. The Bertz CT molecular complexity index is 699. The van der Waals surface area contributed by atoms with Gasteiger partial charge in [0.1, 0.15) is 23.9 Å². The van der Waals surface area contributed by atoms with Gasteiger partial charge in [0.15, 0.2) is 0 Å². The monoisotopic (exact) mass is 368 g/mol. The minimum Gasteiger partial charge on any atom is -0.486 e. The second-order valence-electron chi connectivity index (χ2n) is 5.40. The molecule has 0 saturated carbocycles. The molecule has 0 amide bonds. The zero-order valence-electron chi connectivity index (χ0n) is 13.3. The van der Waals surface area contributed by atoms with E-state index in [0.29, 0.717) is 46.9 Å². The summed E-state index contributed by atoms with van der Waals surface area (Å²) in [5, 5.41) is 1.07. The van der Waals surface area contributed by atoms with Gasteiger partial charge in [0, 0.05) is 17.5 Å². The van der Waals surface area contributed by atoms with E-state index in [4.69, 9.17) is 42.1 Å². The summed E-state index contributed by atoms with van der Waals surface area (Å²) >= 11 is 12.2. The summed E-state index contributed by atoms with van der Waals surface area (Å²) in [6, 6.07) is 12.4. The molecule has 1 fully saturated rings. The van der Waals surface area contributed by atoms with Gasteiger partial charge in [-0.15, -0.1) is 0 Å². The highest BCUT2D eigenvalue weighted by atomic mass is 35.5. The third kappa shape index (κ3) is 4.14. The second kappa shape index (κ2) is 7.62. The van der Waals surface area contributed by atoms with Crippen LogP contribution in [0.1, 0.15) is 13.3 Å². The Labute approximate surface area is 151 Å². The van der Waals surface area contributed by atoms with Gasteiger partial charge in [0.05, 0.1) is 18.2 Å². The summed E-state index contributed by atoms with van der Waals surface area (Å²) in [4.78, 5) is 0. The van der Waals surface area contributed by atoms with Crippen LogP contribution < -0.4 is 9.47 Å². The van der Waals surface area contributed by atoms with Crippen LogP contribution in [0, 0.1) is 0 Å². The first-order valence-electron chi connectivity index (χ1n) is 7.74. The fraction of sp³-hybridized carbons (Fsp3) is 0.333. The normalized spacial score (nSPS) is 16.1. The van der Waals surface area contributed by atoms with E-state index in [9.17, 15) is 0 Å². The highest BCUT2D eigenvalue weighted by molar-refractivity contribution is 6.32. The number of rotatable bonds is 6. The summed E-state index contributed by atoms with van der Waals surface area (Å²) in [5.41, 5.74) is 0. The number of hydrogen-bond donors (Lipinski definition) is 0. The summed E-state index contributed by atoms with van der Waals surface area (Å²) < 4.78 is 22.8. The Hall–Kier alpha value is -1.46. The Morgan fingerprint density at radius 2 is 1.79 bits per heavy atom. The molecule has 0 N–H and O–H groups in total. The lowest BCUT2D eigenvalue weighted by molar-refractivity contribution is -0.178. The van der Waals surface area contributed by atoms with Crippen LogP contribution in [0.15, 0.2) is 42.5 Å². The van der Waals surface area contributed by atoms with Crippen molar-refractivity contribution in [3.8, 4) is 17.2 Å². The molecule has 1 saturated heterocycles. The van der Waals surface area contributed by atoms with Gasteiger partial charge in [-0.2, -0.15) is 0 Å². The fourth-order valence-corrected chi connectivity index (χ4v) is 2.81. The van der Waals surface area contributed by atoms with Crippen molar-refractivity contribution in [3.63, 3.8) is 0 Å². The lowest BCUT2D eigenvalue weighted by atomic mass is 10.2. The van der Waals surface area contributed by atoms with Gasteiger partial charge in [-0.05, 0) is 30.3 Å². The van der Waals surface area contributed by atoms with Crippen molar-refractivity contribution in [2.75, 3.05) is 19.8 Å². The first kappa shape index (κ1) is 17.4. The molecule has 0 aliphatic carbocycles. The van der Waals surface area contributed by atoms with Crippen LogP contribution in [0.3, 0.4) is 0 Å². The highest BCUT2D eigenvalue weighted by Crippen LogP contribution is 2.33. The van der Waals surface area contributed by atoms with E-state index >= 15 is 0 Å². The Morgan fingerprint density at radius 1 is 1.04 bits per heavy atom. The molecule has 3 rings (SSSR count). The average Bonchev–Trinajstić information content (AvgIpc) is 3.04. The zero-order chi connectivity index (χ0) is 17.0. The van der Waals surface area contributed by atoms with Crippen molar-refractivity contribution < 1.29 is 18.9 Å².